The van der Waals surface area contributed by atoms with Crippen LogP contribution in [0.25, 0.3) is 0 Å². The van der Waals surface area contributed by atoms with Gasteiger partial charge in [0.2, 0.25) is 0 Å². The van der Waals surface area contributed by atoms with Crippen LogP contribution in [-0.4, -0.2) is 38.5 Å². The first kappa shape index (κ1) is 15.7. The first-order valence-electron chi connectivity index (χ1n) is 6.45. The fourth-order valence-electron chi connectivity index (χ4n) is 2.06. The fraction of sp³-hybridized carbons (Fsp3) is 0.769. The first-order valence-corrected chi connectivity index (χ1v) is 7.24. The van der Waals surface area contributed by atoms with Crippen molar-refractivity contribution in [2.75, 3.05) is 13.1 Å². The smallest absolute Gasteiger partial charge is 0.0739 e. The molecule has 0 atom stereocenters. The molecule has 0 saturated carbocycles. The van der Waals surface area contributed by atoms with Gasteiger partial charge in [0.25, 0.3) is 0 Å². The van der Waals surface area contributed by atoms with Crippen molar-refractivity contribution in [2.24, 2.45) is 0 Å². The zero-order chi connectivity index (χ0) is 13.9. The summed E-state index contributed by atoms with van der Waals surface area (Å²) in [5, 5.41) is 14.4. The third kappa shape index (κ3) is 4.07. The van der Waals surface area contributed by atoms with Gasteiger partial charge in [0.05, 0.1) is 21.5 Å². The Morgan fingerprint density at radius 1 is 1.39 bits per heavy atom. The zero-order valence-corrected chi connectivity index (χ0v) is 13.6. The van der Waals surface area contributed by atoms with Crippen LogP contribution in [0.2, 0.25) is 0 Å². The lowest BCUT2D eigenvalue weighted by molar-refractivity contribution is 0.0345. The maximum atomic E-state index is 9.92. The summed E-state index contributed by atoms with van der Waals surface area (Å²) in [6.45, 7) is 13.1. The highest BCUT2D eigenvalue weighted by Gasteiger charge is 2.20. The molecule has 0 fully saturated rings. The highest BCUT2D eigenvalue weighted by molar-refractivity contribution is 9.10. The molecular weight excluding hydrogens is 294 g/mol. The van der Waals surface area contributed by atoms with Crippen LogP contribution in [0.5, 0.6) is 0 Å². The molecule has 0 aliphatic heterocycles. The van der Waals surface area contributed by atoms with Crippen LogP contribution in [0.15, 0.2) is 4.47 Å². The lowest BCUT2D eigenvalue weighted by Gasteiger charge is -2.28. The molecule has 1 heterocycles. The molecule has 0 saturated heterocycles. The van der Waals surface area contributed by atoms with Gasteiger partial charge < -0.3 is 5.11 Å². The molecule has 5 heteroatoms. The quantitative estimate of drug-likeness (QED) is 0.876. The molecule has 0 unspecified atom stereocenters. The van der Waals surface area contributed by atoms with Crippen LogP contribution in [0.1, 0.15) is 39.1 Å². The number of halogens is 1. The Bertz CT molecular complexity index is 396. The monoisotopic (exact) mass is 317 g/mol. The van der Waals surface area contributed by atoms with Gasteiger partial charge in [0.15, 0.2) is 0 Å². The minimum atomic E-state index is -0.672. The number of likely N-dealkylation sites (N-methyl/N-ethyl adjacent to an activating group) is 1. The Morgan fingerprint density at radius 2 is 2.00 bits per heavy atom. The predicted molar refractivity (Wildman–Crippen MR) is 77.6 cm³/mol. The lowest BCUT2D eigenvalue weighted by Crippen LogP contribution is -2.38. The van der Waals surface area contributed by atoms with E-state index in [0.717, 1.165) is 29.8 Å². The van der Waals surface area contributed by atoms with Gasteiger partial charge in [-0.2, -0.15) is 5.10 Å². The molecule has 0 aromatic carbocycles. The van der Waals surface area contributed by atoms with Crippen molar-refractivity contribution >= 4 is 15.9 Å². The molecule has 0 spiro atoms. The number of aryl methyl sites for hydroxylation is 2. The van der Waals surface area contributed by atoms with E-state index in [0.29, 0.717) is 6.54 Å². The lowest BCUT2D eigenvalue weighted by atomic mass is 10.1. The summed E-state index contributed by atoms with van der Waals surface area (Å²) in [6.07, 6.45) is 0. The van der Waals surface area contributed by atoms with Crippen molar-refractivity contribution in [3.05, 3.63) is 15.9 Å². The van der Waals surface area contributed by atoms with Gasteiger partial charge in [-0.25, -0.2) is 0 Å². The molecule has 1 rings (SSSR count). The van der Waals surface area contributed by atoms with Gasteiger partial charge in [-0.15, -0.1) is 0 Å². The van der Waals surface area contributed by atoms with Crippen molar-refractivity contribution in [2.45, 2.75) is 53.3 Å². The molecule has 1 aromatic heterocycles. The number of nitrogens with zero attached hydrogens (tertiary/aromatic N) is 3. The third-order valence-electron chi connectivity index (χ3n) is 2.88. The zero-order valence-electron chi connectivity index (χ0n) is 12.0. The Balaban J connectivity index is 2.88. The van der Waals surface area contributed by atoms with Crippen molar-refractivity contribution < 1.29 is 5.11 Å². The fourth-order valence-corrected chi connectivity index (χ4v) is 2.47. The largest absolute Gasteiger partial charge is 0.389 e. The van der Waals surface area contributed by atoms with Crippen molar-refractivity contribution in [3.63, 3.8) is 0 Å². The first-order chi connectivity index (χ1) is 8.28. The summed E-state index contributed by atoms with van der Waals surface area (Å²) in [5.74, 6) is 0. The third-order valence-corrected chi connectivity index (χ3v) is 3.92. The molecule has 0 amide bonds. The molecule has 104 valence electrons. The van der Waals surface area contributed by atoms with Gasteiger partial charge in [0, 0.05) is 19.6 Å². The number of aromatic nitrogens is 2. The van der Waals surface area contributed by atoms with Gasteiger partial charge in [-0.1, -0.05) is 6.92 Å². The van der Waals surface area contributed by atoms with E-state index >= 15 is 0 Å². The van der Waals surface area contributed by atoms with Gasteiger partial charge in [-0.05, 0) is 50.2 Å². The summed E-state index contributed by atoms with van der Waals surface area (Å²) in [4.78, 5) is 2.23. The molecular formula is C13H24BrN3O. The number of aliphatic hydroxyl groups is 1. The summed E-state index contributed by atoms with van der Waals surface area (Å²) < 4.78 is 3.10. The standard InChI is InChI=1S/C13H24BrN3O/c1-6-16(9-13(4,5)18)8-11-12(14)10(3)15-17(11)7-2/h18H,6-9H2,1-5H3. The number of hydrogen-bond acceptors (Lipinski definition) is 3. The average molecular weight is 318 g/mol. The maximum absolute atomic E-state index is 9.92. The predicted octanol–water partition coefficient (Wildman–Crippen LogP) is 2.57. The molecule has 1 aromatic rings. The highest BCUT2D eigenvalue weighted by Crippen LogP contribution is 2.23. The maximum Gasteiger partial charge on any atom is 0.0739 e. The molecule has 18 heavy (non-hydrogen) atoms. The van der Waals surface area contributed by atoms with Gasteiger partial charge >= 0.3 is 0 Å². The molecule has 0 aliphatic rings. The van der Waals surface area contributed by atoms with E-state index in [9.17, 15) is 5.11 Å². The Kier molecular flexibility index (Phi) is 5.37. The Morgan fingerprint density at radius 3 is 2.44 bits per heavy atom. The topological polar surface area (TPSA) is 41.3 Å². The summed E-state index contributed by atoms with van der Waals surface area (Å²) in [6, 6.07) is 0. The Labute approximate surface area is 118 Å². The molecule has 4 nitrogen and oxygen atoms in total. The van der Waals surface area contributed by atoms with Crippen LogP contribution < -0.4 is 0 Å². The van der Waals surface area contributed by atoms with Crippen molar-refractivity contribution in [1.82, 2.24) is 14.7 Å². The van der Waals surface area contributed by atoms with Gasteiger partial charge in [-0.3, -0.25) is 9.58 Å². The van der Waals surface area contributed by atoms with E-state index in [1.807, 2.05) is 25.5 Å². The summed E-state index contributed by atoms with van der Waals surface area (Å²) in [5.41, 5.74) is 1.53. The molecule has 0 aliphatic carbocycles. The summed E-state index contributed by atoms with van der Waals surface area (Å²) in [7, 11) is 0. The Hall–Kier alpha value is -0.390. The minimum Gasteiger partial charge on any atom is -0.389 e. The van der Waals surface area contributed by atoms with Crippen LogP contribution in [0.4, 0.5) is 0 Å². The van der Waals surface area contributed by atoms with E-state index in [-0.39, 0.29) is 0 Å². The van der Waals surface area contributed by atoms with Crippen LogP contribution in [0.3, 0.4) is 0 Å². The highest BCUT2D eigenvalue weighted by atomic mass is 79.9. The van der Waals surface area contributed by atoms with E-state index in [4.69, 9.17) is 0 Å². The summed E-state index contributed by atoms with van der Waals surface area (Å²) >= 11 is 3.61. The molecule has 0 radical (unpaired) electrons. The second-order valence-corrected chi connectivity index (χ2v) is 6.07. The second kappa shape index (κ2) is 6.17. The van der Waals surface area contributed by atoms with E-state index in [1.54, 1.807) is 0 Å². The van der Waals surface area contributed by atoms with Crippen LogP contribution in [0, 0.1) is 6.92 Å². The van der Waals surface area contributed by atoms with E-state index < -0.39 is 5.60 Å². The second-order valence-electron chi connectivity index (χ2n) is 5.28. The van der Waals surface area contributed by atoms with E-state index in [2.05, 4.69) is 39.8 Å². The van der Waals surface area contributed by atoms with Gasteiger partial charge in [0.1, 0.15) is 0 Å². The molecule has 0 bridgehead atoms. The molecule has 1 N–H and O–H groups in total. The normalized spacial score (nSPS) is 12.4. The number of rotatable bonds is 6. The SMILES string of the molecule is CCN(Cc1c(Br)c(C)nn1CC)CC(C)(C)O. The number of hydrogen-bond donors (Lipinski definition) is 1. The van der Waals surface area contributed by atoms with Crippen LogP contribution >= 0.6 is 15.9 Å². The van der Waals surface area contributed by atoms with Crippen LogP contribution in [-0.2, 0) is 13.1 Å². The van der Waals surface area contributed by atoms with Crippen molar-refractivity contribution in [3.8, 4) is 0 Å². The van der Waals surface area contributed by atoms with Crippen molar-refractivity contribution in [1.29, 1.82) is 0 Å². The van der Waals surface area contributed by atoms with E-state index in [1.165, 1.54) is 5.69 Å². The average Bonchev–Trinajstić information content (AvgIpc) is 2.53. The minimum absolute atomic E-state index is 0.657.